The van der Waals surface area contributed by atoms with Crippen LogP contribution in [0.4, 0.5) is 0 Å². The summed E-state index contributed by atoms with van der Waals surface area (Å²) in [5.41, 5.74) is 0. The largest absolute Gasteiger partial charge is 0.480 e. The van der Waals surface area contributed by atoms with Gasteiger partial charge in [0.2, 0.25) is 5.91 Å². The smallest absolute Gasteiger partial charge is 0.320 e. The van der Waals surface area contributed by atoms with Gasteiger partial charge in [0.05, 0.1) is 6.54 Å². The van der Waals surface area contributed by atoms with Crippen LogP contribution in [-0.4, -0.2) is 48.6 Å². The summed E-state index contributed by atoms with van der Waals surface area (Å²) in [7, 11) is 3.24. The third-order valence-electron chi connectivity index (χ3n) is 1.43. The van der Waals surface area contributed by atoms with E-state index < -0.39 is 12.0 Å². The van der Waals surface area contributed by atoms with Crippen molar-refractivity contribution in [3.8, 4) is 0 Å². The van der Waals surface area contributed by atoms with Crippen molar-refractivity contribution in [3.63, 3.8) is 0 Å². The molecule has 0 unspecified atom stereocenters. The van der Waals surface area contributed by atoms with Gasteiger partial charge in [-0.05, 0) is 6.92 Å². The molecule has 0 saturated heterocycles. The van der Waals surface area contributed by atoms with E-state index in [0.29, 0.717) is 0 Å². The standard InChI is InChI=1S/C7H14N2O3/c1-5(7(11)12)8-4-6(10)9(2)3/h5,8H,4H2,1-3H3,(H,11,12)/t5-/m1/s1. The number of carbonyl (C=O) groups is 2. The summed E-state index contributed by atoms with van der Waals surface area (Å²) in [4.78, 5) is 22.6. The molecular weight excluding hydrogens is 160 g/mol. The van der Waals surface area contributed by atoms with Crippen molar-refractivity contribution in [2.45, 2.75) is 13.0 Å². The zero-order valence-electron chi connectivity index (χ0n) is 7.50. The Balaban J connectivity index is 3.69. The van der Waals surface area contributed by atoms with E-state index in [0.717, 1.165) is 0 Å². The Morgan fingerprint density at radius 2 is 2.00 bits per heavy atom. The first-order chi connectivity index (χ1) is 5.45. The Labute approximate surface area is 71.4 Å². The fourth-order valence-electron chi connectivity index (χ4n) is 0.486. The second-order valence-corrected chi connectivity index (χ2v) is 2.73. The Hall–Kier alpha value is -1.10. The van der Waals surface area contributed by atoms with Crippen LogP contribution in [0.3, 0.4) is 0 Å². The second kappa shape index (κ2) is 4.71. The van der Waals surface area contributed by atoms with Gasteiger partial charge in [0.1, 0.15) is 6.04 Å². The van der Waals surface area contributed by atoms with Crippen LogP contribution in [0.1, 0.15) is 6.92 Å². The maximum absolute atomic E-state index is 10.9. The third-order valence-corrected chi connectivity index (χ3v) is 1.43. The molecule has 0 aromatic heterocycles. The number of hydrogen-bond donors (Lipinski definition) is 2. The van der Waals surface area contributed by atoms with Crippen molar-refractivity contribution in [2.75, 3.05) is 20.6 Å². The highest BCUT2D eigenvalue weighted by Crippen LogP contribution is 1.82. The van der Waals surface area contributed by atoms with Crippen LogP contribution in [0.15, 0.2) is 0 Å². The highest BCUT2D eigenvalue weighted by atomic mass is 16.4. The molecule has 5 nitrogen and oxygen atoms in total. The number of carbonyl (C=O) groups excluding carboxylic acids is 1. The Morgan fingerprint density at radius 1 is 1.50 bits per heavy atom. The molecule has 0 aromatic carbocycles. The van der Waals surface area contributed by atoms with Crippen LogP contribution in [-0.2, 0) is 9.59 Å². The lowest BCUT2D eigenvalue weighted by atomic mass is 10.3. The van der Waals surface area contributed by atoms with E-state index in [2.05, 4.69) is 5.32 Å². The highest BCUT2D eigenvalue weighted by molar-refractivity contribution is 5.79. The molecule has 0 aliphatic carbocycles. The van der Waals surface area contributed by atoms with Crippen LogP contribution in [0.25, 0.3) is 0 Å². The van der Waals surface area contributed by atoms with Crippen molar-refractivity contribution in [1.29, 1.82) is 0 Å². The van der Waals surface area contributed by atoms with Gasteiger partial charge >= 0.3 is 5.97 Å². The summed E-state index contributed by atoms with van der Waals surface area (Å²) in [6.45, 7) is 1.55. The maximum atomic E-state index is 10.9. The predicted molar refractivity (Wildman–Crippen MR) is 43.8 cm³/mol. The van der Waals surface area contributed by atoms with Gasteiger partial charge < -0.3 is 10.0 Å². The number of hydrogen-bond acceptors (Lipinski definition) is 3. The quantitative estimate of drug-likeness (QED) is 0.581. The van der Waals surface area contributed by atoms with Gasteiger partial charge in [-0.3, -0.25) is 14.9 Å². The van der Waals surface area contributed by atoms with Gasteiger partial charge in [0, 0.05) is 14.1 Å². The maximum Gasteiger partial charge on any atom is 0.320 e. The van der Waals surface area contributed by atoms with Crippen LogP contribution < -0.4 is 5.32 Å². The minimum absolute atomic E-state index is 0.0560. The fraction of sp³-hybridized carbons (Fsp3) is 0.714. The zero-order valence-corrected chi connectivity index (χ0v) is 7.50. The average Bonchev–Trinajstić information content (AvgIpc) is 1.98. The average molecular weight is 174 g/mol. The minimum atomic E-state index is -0.957. The van der Waals surface area contributed by atoms with Crippen molar-refractivity contribution >= 4 is 11.9 Å². The SMILES string of the molecule is C[C@@H](NCC(=O)N(C)C)C(=O)O. The number of aliphatic carboxylic acids is 1. The zero-order chi connectivity index (χ0) is 9.72. The Morgan fingerprint density at radius 3 is 2.33 bits per heavy atom. The molecule has 70 valence electrons. The molecule has 0 aliphatic heterocycles. The van der Waals surface area contributed by atoms with Gasteiger partial charge in [-0.25, -0.2) is 0 Å². The lowest BCUT2D eigenvalue weighted by Crippen LogP contribution is -2.40. The van der Waals surface area contributed by atoms with Crippen molar-refractivity contribution < 1.29 is 14.7 Å². The fourth-order valence-corrected chi connectivity index (χ4v) is 0.486. The molecule has 0 spiro atoms. The number of rotatable bonds is 4. The lowest BCUT2D eigenvalue weighted by Gasteiger charge is -2.12. The molecular formula is C7H14N2O3. The molecule has 2 N–H and O–H groups in total. The van der Waals surface area contributed by atoms with Gasteiger partial charge in [0.25, 0.3) is 0 Å². The Kier molecular flexibility index (Phi) is 4.28. The van der Waals surface area contributed by atoms with E-state index in [-0.39, 0.29) is 12.5 Å². The molecule has 0 rings (SSSR count). The molecule has 1 amide bonds. The summed E-state index contributed by atoms with van der Waals surface area (Å²) >= 11 is 0. The Bertz CT molecular complexity index is 179. The monoisotopic (exact) mass is 174 g/mol. The number of nitrogens with zero attached hydrogens (tertiary/aromatic N) is 1. The normalized spacial score (nSPS) is 12.2. The van der Waals surface area contributed by atoms with E-state index in [4.69, 9.17) is 5.11 Å². The van der Waals surface area contributed by atoms with E-state index >= 15 is 0 Å². The van der Waals surface area contributed by atoms with E-state index in [1.807, 2.05) is 0 Å². The van der Waals surface area contributed by atoms with E-state index in [9.17, 15) is 9.59 Å². The van der Waals surface area contributed by atoms with Crippen molar-refractivity contribution in [3.05, 3.63) is 0 Å². The van der Waals surface area contributed by atoms with Crippen molar-refractivity contribution in [2.24, 2.45) is 0 Å². The predicted octanol–water partition coefficient (Wildman–Crippen LogP) is -0.863. The second-order valence-electron chi connectivity index (χ2n) is 2.73. The molecule has 0 fully saturated rings. The van der Waals surface area contributed by atoms with Crippen LogP contribution in [0.2, 0.25) is 0 Å². The summed E-state index contributed by atoms with van der Waals surface area (Å²) in [5.74, 6) is -1.09. The minimum Gasteiger partial charge on any atom is -0.480 e. The number of carboxylic acid groups (broad SMARTS) is 1. The summed E-state index contributed by atoms with van der Waals surface area (Å²) < 4.78 is 0. The number of likely N-dealkylation sites (N-methyl/N-ethyl adjacent to an activating group) is 1. The van der Waals surface area contributed by atoms with Crippen molar-refractivity contribution in [1.82, 2.24) is 10.2 Å². The highest BCUT2D eigenvalue weighted by Gasteiger charge is 2.11. The summed E-state index contributed by atoms with van der Waals surface area (Å²) in [6.07, 6.45) is 0. The van der Waals surface area contributed by atoms with Crippen LogP contribution in [0.5, 0.6) is 0 Å². The molecule has 5 heteroatoms. The van der Waals surface area contributed by atoms with Gasteiger partial charge in [0.15, 0.2) is 0 Å². The first-order valence-electron chi connectivity index (χ1n) is 3.61. The molecule has 0 saturated carbocycles. The molecule has 0 aromatic rings. The number of carboxylic acids is 1. The first-order valence-corrected chi connectivity index (χ1v) is 3.61. The molecule has 0 radical (unpaired) electrons. The third kappa shape index (κ3) is 3.92. The summed E-state index contributed by atoms with van der Waals surface area (Å²) in [6, 6.07) is -0.686. The topological polar surface area (TPSA) is 69.6 Å². The molecule has 12 heavy (non-hydrogen) atoms. The number of amides is 1. The van der Waals surface area contributed by atoms with Crippen LogP contribution in [0, 0.1) is 0 Å². The van der Waals surface area contributed by atoms with Crippen LogP contribution >= 0.6 is 0 Å². The molecule has 0 bridgehead atoms. The first kappa shape index (κ1) is 10.9. The van der Waals surface area contributed by atoms with Gasteiger partial charge in [-0.2, -0.15) is 0 Å². The molecule has 0 heterocycles. The van der Waals surface area contributed by atoms with E-state index in [1.54, 1.807) is 14.1 Å². The van der Waals surface area contributed by atoms with Gasteiger partial charge in [-0.15, -0.1) is 0 Å². The molecule has 0 aliphatic rings. The van der Waals surface area contributed by atoms with Gasteiger partial charge in [-0.1, -0.05) is 0 Å². The lowest BCUT2D eigenvalue weighted by molar-refractivity contribution is -0.139. The molecule has 1 atom stereocenters. The number of nitrogens with one attached hydrogen (secondary N) is 1. The summed E-state index contributed by atoms with van der Waals surface area (Å²) in [5, 5.41) is 11.0. The van der Waals surface area contributed by atoms with E-state index in [1.165, 1.54) is 11.8 Å².